The largest absolute Gasteiger partial charge is 0.508 e. The van der Waals surface area contributed by atoms with Crippen LogP contribution in [0.4, 0.5) is 0 Å². The van der Waals surface area contributed by atoms with Gasteiger partial charge >= 0.3 is 0 Å². The zero-order valence-corrected chi connectivity index (χ0v) is 13.5. The molecule has 1 aromatic carbocycles. The number of benzene rings is 1. The van der Waals surface area contributed by atoms with E-state index in [1.807, 2.05) is 6.07 Å². The molecule has 3 N–H and O–H groups in total. The third-order valence-corrected chi connectivity index (χ3v) is 6.50. The normalized spacial score (nSPS) is 35.7. The number of hydrogen-bond donors (Lipinski definition) is 3. The van der Waals surface area contributed by atoms with Crippen LogP contribution >= 0.6 is 0 Å². The Bertz CT molecular complexity index is 721. The fourth-order valence-corrected chi connectivity index (χ4v) is 5.81. The number of aromatic hydroxyl groups is 1. The fourth-order valence-electron chi connectivity index (χ4n) is 5.81. The van der Waals surface area contributed by atoms with Crippen molar-refractivity contribution in [3.63, 3.8) is 0 Å². The number of aromatic nitrogens is 2. The Morgan fingerprint density at radius 1 is 1.13 bits per heavy atom. The number of fused-ring (bicyclic) bond motifs is 2. The lowest BCUT2D eigenvalue weighted by atomic mass is 9.63. The third-order valence-electron chi connectivity index (χ3n) is 6.50. The van der Waals surface area contributed by atoms with Crippen molar-refractivity contribution in [2.75, 3.05) is 0 Å². The average Bonchev–Trinajstić information content (AvgIpc) is 2.80. The smallest absolute Gasteiger partial charge is 0.121 e. The molecule has 2 atom stereocenters. The van der Waals surface area contributed by atoms with Gasteiger partial charge in [-0.2, -0.15) is 0 Å². The van der Waals surface area contributed by atoms with Crippen LogP contribution in [0.1, 0.15) is 50.8 Å². The molecule has 0 amide bonds. The van der Waals surface area contributed by atoms with Crippen LogP contribution in [0.2, 0.25) is 0 Å². The molecule has 2 aromatic rings. The van der Waals surface area contributed by atoms with E-state index in [2.05, 4.69) is 15.3 Å². The first-order valence-electron chi connectivity index (χ1n) is 9.10. The summed E-state index contributed by atoms with van der Waals surface area (Å²) in [7, 11) is 0. The molecule has 0 aliphatic heterocycles. The molecule has 4 heteroatoms. The molecule has 4 fully saturated rings. The van der Waals surface area contributed by atoms with E-state index in [4.69, 9.17) is 0 Å². The van der Waals surface area contributed by atoms with Gasteiger partial charge in [0.2, 0.25) is 0 Å². The van der Waals surface area contributed by atoms with Gasteiger partial charge in [0.05, 0.1) is 17.6 Å². The number of H-pyrrole nitrogens is 1. The molecule has 1 heterocycles. The maximum absolute atomic E-state index is 9.59. The number of aromatic amines is 1. The predicted octanol–water partition coefficient (Wildman–Crippen LogP) is 3.72. The van der Waals surface area contributed by atoms with Gasteiger partial charge in [-0.3, -0.25) is 0 Å². The maximum Gasteiger partial charge on any atom is 0.121 e. The first-order valence-corrected chi connectivity index (χ1v) is 9.10. The zero-order chi connectivity index (χ0) is 15.4. The highest BCUT2D eigenvalue weighted by molar-refractivity contribution is 5.76. The average molecular weight is 311 g/mol. The molecule has 4 aliphatic carbocycles. The molecule has 4 nitrogen and oxygen atoms in total. The van der Waals surface area contributed by atoms with Gasteiger partial charge in [0.25, 0.3) is 0 Å². The summed E-state index contributed by atoms with van der Waals surface area (Å²) in [6.07, 6.45) is 9.94. The Labute approximate surface area is 136 Å². The van der Waals surface area contributed by atoms with Crippen molar-refractivity contribution in [3.8, 4) is 5.75 Å². The SMILES string of the molecule is Oc1ccc2nc(CNC34CC5CCC(CC(C5)C3)C4)[nH]c2c1. The zero-order valence-electron chi connectivity index (χ0n) is 13.5. The highest BCUT2D eigenvalue weighted by Gasteiger charge is 2.48. The standard InChI is InChI=1S/C19H25N3O/c23-15-3-4-16-17(7-15)22-18(21-16)11-20-19-8-12-1-2-13(9-19)6-14(5-12)10-19/h3-4,7,12-14,20,23H,1-2,5-6,8-11H2,(H,21,22). The van der Waals surface area contributed by atoms with E-state index in [9.17, 15) is 5.11 Å². The van der Waals surface area contributed by atoms with E-state index < -0.39 is 0 Å². The fraction of sp³-hybridized carbons (Fsp3) is 0.632. The molecule has 122 valence electrons. The summed E-state index contributed by atoms with van der Waals surface area (Å²) in [6.45, 7) is 0.807. The van der Waals surface area contributed by atoms with E-state index >= 15 is 0 Å². The Balaban J connectivity index is 1.36. The molecule has 23 heavy (non-hydrogen) atoms. The Hall–Kier alpha value is -1.55. The molecular weight excluding hydrogens is 286 g/mol. The van der Waals surface area contributed by atoms with E-state index in [0.717, 1.165) is 41.2 Å². The minimum Gasteiger partial charge on any atom is -0.508 e. The monoisotopic (exact) mass is 311 g/mol. The van der Waals surface area contributed by atoms with Gasteiger partial charge in [-0.05, 0) is 62.0 Å². The number of rotatable bonds is 3. The van der Waals surface area contributed by atoms with Crippen LogP contribution in [-0.4, -0.2) is 20.6 Å². The van der Waals surface area contributed by atoms with Crippen molar-refractivity contribution in [3.05, 3.63) is 24.0 Å². The Morgan fingerprint density at radius 2 is 1.87 bits per heavy atom. The van der Waals surface area contributed by atoms with E-state index in [-0.39, 0.29) is 0 Å². The summed E-state index contributed by atoms with van der Waals surface area (Å²) in [5, 5.41) is 13.5. The first kappa shape index (κ1) is 13.8. The topological polar surface area (TPSA) is 60.9 Å². The third kappa shape index (κ3) is 2.44. The van der Waals surface area contributed by atoms with Gasteiger partial charge in [-0.1, -0.05) is 12.8 Å². The molecule has 0 saturated heterocycles. The predicted molar refractivity (Wildman–Crippen MR) is 90.1 cm³/mol. The van der Waals surface area contributed by atoms with Crippen molar-refractivity contribution in [2.45, 2.75) is 57.0 Å². The van der Waals surface area contributed by atoms with Gasteiger partial charge in [-0.15, -0.1) is 0 Å². The summed E-state index contributed by atoms with van der Waals surface area (Å²) >= 11 is 0. The van der Waals surface area contributed by atoms with Crippen LogP contribution in [0.15, 0.2) is 18.2 Å². The van der Waals surface area contributed by atoms with E-state index in [1.54, 1.807) is 12.1 Å². The minimum atomic E-state index is 0.290. The van der Waals surface area contributed by atoms with Crippen molar-refractivity contribution in [1.82, 2.24) is 15.3 Å². The van der Waals surface area contributed by atoms with Crippen LogP contribution in [0.5, 0.6) is 5.75 Å². The van der Waals surface area contributed by atoms with Crippen molar-refractivity contribution >= 4 is 11.0 Å². The second-order valence-corrected chi connectivity index (χ2v) is 8.28. The summed E-state index contributed by atoms with van der Waals surface area (Å²) in [5.41, 5.74) is 2.21. The minimum absolute atomic E-state index is 0.290. The summed E-state index contributed by atoms with van der Waals surface area (Å²) in [5.74, 6) is 4.12. The van der Waals surface area contributed by atoms with Gasteiger partial charge in [0.1, 0.15) is 11.6 Å². The van der Waals surface area contributed by atoms with E-state index in [0.29, 0.717) is 11.3 Å². The van der Waals surface area contributed by atoms with Crippen molar-refractivity contribution in [2.24, 2.45) is 17.8 Å². The number of hydrogen-bond acceptors (Lipinski definition) is 3. The van der Waals surface area contributed by atoms with Crippen LogP contribution < -0.4 is 5.32 Å². The van der Waals surface area contributed by atoms with Crippen LogP contribution in [0.3, 0.4) is 0 Å². The number of nitrogens with zero attached hydrogens (tertiary/aromatic N) is 1. The molecule has 0 radical (unpaired) electrons. The molecular formula is C19H25N3O. The summed E-state index contributed by atoms with van der Waals surface area (Å²) < 4.78 is 0. The number of nitrogens with one attached hydrogen (secondary N) is 2. The summed E-state index contributed by atoms with van der Waals surface area (Å²) in [4.78, 5) is 8.02. The van der Waals surface area contributed by atoms with Gasteiger partial charge < -0.3 is 15.4 Å². The van der Waals surface area contributed by atoms with Crippen molar-refractivity contribution in [1.29, 1.82) is 0 Å². The Morgan fingerprint density at radius 3 is 2.65 bits per heavy atom. The second-order valence-electron chi connectivity index (χ2n) is 8.28. The van der Waals surface area contributed by atoms with E-state index in [1.165, 1.54) is 44.9 Å². The quantitative estimate of drug-likeness (QED) is 0.809. The molecule has 2 unspecified atom stereocenters. The second kappa shape index (κ2) is 4.97. The maximum atomic E-state index is 9.59. The Kier molecular flexibility index (Phi) is 2.99. The van der Waals surface area contributed by atoms with Gasteiger partial charge in [-0.25, -0.2) is 4.98 Å². The van der Waals surface area contributed by atoms with Crippen LogP contribution in [-0.2, 0) is 6.54 Å². The first-order chi connectivity index (χ1) is 11.2. The number of phenolic OH excluding ortho intramolecular Hbond substituents is 1. The lowest BCUT2D eigenvalue weighted by Gasteiger charge is -2.49. The van der Waals surface area contributed by atoms with Gasteiger partial charge in [0, 0.05) is 11.6 Å². The number of imidazole rings is 1. The highest BCUT2D eigenvalue weighted by Crippen LogP contribution is 2.53. The lowest BCUT2D eigenvalue weighted by Crippen LogP contribution is -2.53. The highest BCUT2D eigenvalue weighted by atomic mass is 16.3. The molecule has 4 aliphatic rings. The molecule has 0 spiro atoms. The van der Waals surface area contributed by atoms with Crippen molar-refractivity contribution < 1.29 is 5.11 Å². The van der Waals surface area contributed by atoms with Crippen LogP contribution in [0.25, 0.3) is 11.0 Å². The molecule has 4 bridgehead atoms. The summed E-state index contributed by atoms with van der Waals surface area (Å²) in [6, 6.07) is 5.33. The molecule has 1 aromatic heterocycles. The van der Waals surface area contributed by atoms with Gasteiger partial charge in [0.15, 0.2) is 0 Å². The molecule has 4 saturated carbocycles. The lowest BCUT2D eigenvalue weighted by molar-refractivity contribution is 0.0714. The van der Waals surface area contributed by atoms with Crippen LogP contribution in [0, 0.1) is 17.8 Å². The number of phenols is 1. The molecule has 6 rings (SSSR count).